The van der Waals surface area contributed by atoms with Crippen LogP contribution in [-0.2, 0) is 5.60 Å². The normalized spacial score (nSPS) is 16.8. The molecule has 1 saturated heterocycles. The van der Waals surface area contributed by atoms with E-state index in [1.54, 1.807) is 46.0 Å². The number of hydrogen-bond donors (Lipinski definition) is 1. The summed E-state index contributed by atoms with van der Waals surface area (Å²) in [5.41, 5.74) is 0.946. The highest BCUT2D eigenvalue weighted by Gasteiger charge is 2.36. The molecule has 0 spiro atoms. The van der Waals surface area contributed by atoms with Crippen LogP contribution in [-0.4, -0.2) is 38.4 Å². The number of nitrogens with zero attached hydrogens (tertiary/aromatic N) is 3. The van der Waals surface area contributed by atoms with Gasteiger partial charge in [0.2, 0.25) is 0 Å². The molecule has 1 aromatic carbocycles. The fourth-order valence-corrected chi connectivity index (χ4v) is 3.65. The molecule has 4 rings (SSSR count). The number of halogens is 2. The monoisotopic (exact) mass is 389 g/mol. The number of likely N-dealkylation sites (tertiary alicyclic amines) is 1. The highest BCUT2D eigenvalue weighted by molar-refractivity contribution is 6.30. The lowest BCUT2D eigenvalue weighted by Crippen LogP contribution is -2.45. The fourth-order valence-electron chi connectivity index (χ4n) is 3.36. The summed E-state index contributed by atoms with van der Waals surface area (Å²) in [6, 6.07) is 10.7. The first kappa shape index (κ1) is 17.3. The predicted molar refractivity (Wildman–Crippen MR) is 101 cm³/mol. The molecule has 134 valence electrons. The lowest BCUT2D eigenvalue weighted by molar-refractivity contribution is -0.0212. The van der Waals surface area contributed by atoms with E-state index in [2.05, 4.69) is 4.98 Å². The van der Waals surface area contributed by atoms with Gasteiger partial charge in [-0.15, -0.1) is 0 Å². The average molecular weight is 390 g/mol. The summed E-state index contributed by atoms with van der Waals surface area (Å²) < 4.78 is 1.74. The van der Waals surface area contributed by atoms with E-state index in [1.165, 1.54) is 0 Å². The Labute approximate surface area is 160 Å². The van der Waals surface area contributed by atoms with Crippen molar-refractivity contribution in [3.63, 3.8) is 0 Å². The summed E-state index contributed by atoms with van der Waals surface area (Å²) in [5.74, 6) is -0.136. The molecule has 26 heavy (non-hydrogen) atoms. The summed E-state index contributed by atoms with van der Waals surface area (Å²) >= 11 is 11.9. The van der Waals surface area contributed by atoms with Crippen LogP contribution >= 0.6 is 23.2 Å². The summed E-state index contributed by atoms with van der Waals surface area (Å²) in [4.78, 5) is 18.9. The number of fused-ring (bicyclic) bond motifs is 1. The number of rotatable bonds is 2. The van der Waals surface area contributed by atoms with Gasteiger partial charge in [-0.3, -0.25) is 4.79 Å². The highest BCUT2D eigenvalue weighted by atomic mass is 35.5. The summed E-state index contributed by atoms with van der Waals surface area (Å²) in [6.07, 6.45) is 4.35. The van der Waals surface area contributed by atoms with E-state index in [0.717, 1.165) is 5.56 Å². The van der Waals surface area contributed by atoms with Crippen molar-refractivity contribution in [2.75, 3.05) is 13.1 Å². The Hall–Kier alpha value is -2.08. The van der Waals surface area contributed by atoms with Gasteiger partial charge in [-0.2, -0.15) is 0 Å². The fraction of sp³-hybridized carbons (Fsp3) is 0.263. The van der Waals surface area contributed by atoms with Crippen LogP contribution in [0.3, 0.4) is 0 Å². The number of benzene rings is 1. The molecule has 7 heteroatoms. The first-order valence-electron chi connectivity index (χ1n) is 8.37. The minimum absolute atomic E-state index is 0.136. The van der Waals surface area contributed by atoms with Gasteiger partial charge in [0.05, 0.1) is 10.6 Å². The summed E-state index contributed by atoms with van der Waals surface area (Å²) in [5, 5.41) is 12.2. The highest BCUT2D eigenvalue weighted by Crippen LogP contribution is 2.33. The number of aromatic nitrogens is 2. The van der Waals surface area contributed by atoms with Gasteiger partial charge in [0.1, 0.15) is 11.3 Å². The largest absolute Gasteiger partial charge is 0.385 e. The molecule has 5 nitrogen and oxygen atoms in total. The first-order valence-corrected chi connectivity index (χ1v) is 9.12. The SMILES string of the molecule is O=C(c1cn2cc(Cl)ccc2n1)N1CCC(O)(c2ccc(Cl)cc2)CC1. The Morgan fingerprint density at radius 1 is 1.00 bits per heavy atom. The second kappa shape index (κ2) is 6.58. The molecule has 3 heterocycles. The molecule has 1 amide bonds. The van der Waals surface area contributed by atoms with Crippen LogP contribution in [0.4, 0.5) is 0 Å². The molecule has 0 bridgehead atoms. The van der Waals surface area contributed by atoms with Gasteiger partial charge >= 0.3 is 0 Å². The second-order valence-electron chi connectivity index (χ2n) is 6.57. The molecule has 2 aromatic heterocycles. The Morgan fingerprint density at radius 3 is 2.35 bits per heavy atom. The van der Waals surface area contributed by atoms with Gasteiger partial charge in [-0.25, -0.2) is 4.98 Å². The standard InChI is InChI=1S/C19H17Cl2N3O2/c20-14-3-1-13(2-4-14)19(26)7-9-23(10-8-19)18(25)16-12-24-11-15(21)5-6-17(24)22-16/h1-6,11-12,26H,7-10H2. The first-order chi connectivity index (χ1) is 12.4. The predicted octanol–water partition coefficient (Wildman–Crippen LogP) is 3.76. The van der Waals surface area contributed by atoms with Gasteiger partial charge in [-0.05, 0) is 42.7 Å². The van der Waals surface area contributed by atoms with Crippen LogP contribution in [0.2, 0.25) is 10.0 Å². The van der Waals surface area contributed by atoms with Crippen molar-refractivity contribution in [2.24, 2.45) is 0 Å². The number of amides is 1. The Kier molecular flexibility index (Phi) is 4.39. The molecule has 0 saturated carbocycles. The molecule has 0 atom stereocenters. The van der Waals surface area contributed by atoms with Crippen LogP contribution in [0, 0.1) is 0 Å². The molecule has 1 fully saturated rings. The molecule has 1 N–H and O–H groups in total. The lowest BCUT2D eigenvalue weighted by atomic mass is 9.84. The summed E-state index contributed by atoms with van der Waals surface area (Å²) in [7, 11) is 0. The Balaban J connectivity index is 1.49. The number of imidazole rings is 1. The van der Waals surface area contributed by atoms with Crippen molar-refractivity contribution in [3.8, 4) is 0 Å². The van der Waals surface area contributed by atoms with Crippen molar-refractivity contribution in [1.82, 2.24) is 14.3 Å². The van der Waals surface area contributed by atoms with Crippen LogP contribution in [0.15, 0.2) is 48.8 Å². The molecule has 0 unspecified atom stereocenters. The number of carbonyl (C=O) groups excluding carboxylic acids is 1. The molecule has 0 aliphatic carbocycles. The number of piperidine rings is 1. The Bertz CT molecular complexity index is 961. The minimum Gasteiger partial charge on any atom is -0.385 e. The van der Waals surface area contributed by atoms with E-state index in [9.17, 15) is 9.90 Å². The Morgan fingerprint density at radius 2 is 1.65 bits per heavy atom. The van der Waals surface area contributed by atoms with E-state index < -0.39 is 5.60 Å². The maximum absolute atomic E-state index is 12.8. The quantitative estimate of drug-likeness (QED) is 0.725. The van der Waals surface area contributed by atoms with Crippen molar-refractivity contribution >= 4 is 34.8 Å². The number of pyridine rings is 1. The zero-order chi connectivity index (χ0) is 18.3. The maximum atomic E-state index is 12.8. The third-order valence-corrected chi connectivity index (χ3v) is 5.37. The van der Waals surface area contributed by atoms with Gasteiger partial charge in [0.15, 0.2) is 0 Å². The van der Waals surface area contributed by atoms with Gasteiger partial charge < -0.3 is 14.4 Å². The lowest BCUT2D eigenvalue weighted by Gasteiger charge is -2.38. The third kappa shape index (κ3) is 3.18. The second-order valence-corrected chi connectivity index (χ2v) is 7.44. The smallest absolute Gasteiger partial charge is 0.274 e. The van der Waals surface area contributed by atoms with Crippen molar-refractivity contribution in [2.45, 2.75) is 18.4 Å². The van der Waals surface area contributed by atoms with Gasteiger partial charge in [-0.1, -0.05) is 35.3 Å². The maximum Gasteiger partial charge on any atom is 0.274 e. The van der Waals surface area contributed by atoms with Gasteiger partial charge in [0, 0.05) is 30.5 Å². The van der Waals surface area contributed by atoms with Crippen LogP contribution < -0.4 is 0 Å². The average Bonchev–Trinajstić information content (AvgIpc) is 3.05. The third-order valence-electron chi connectivity index (χ3n) is 4.89. The van der Waals surface area contributed by atoms with E-state index in [-0.39, 0.29) is 5.91 Å². The number of carbonyl (C=O) groups is 1. The molecular formula is C19H17Cl2N3O2. The van der Waals surface area contributed by atoms with Crippen molar-refractivity contribution < 1.29 is 9.90 Å². The van der Waals surface area contributed by atoms with E-state index in [1.807, 2.05) is 12.1 Å². The van der Waals surface area contributed by atoms with Crippen molar-refractivity contribution in [1.29, 1.82) is 0 Å². The molecular weight excluding hydrogens is 373 g/mol. The molecule has 0 radical (unpaired) electrons. The molecule has 1 aliphatic rings. The molecule has 1 aliphatic heterocycles. The van der Waals surface area contributed by atoms with Crippen LogP contribution in [0.1, 0.15) is 28.9 Å². The minimum atomic E-state index is -0.937. The molecule has 3 aromatic rings. The zero-order valence-electron chi connectivity index (χ0n) is 13.9. The van der Waals surface area contributed by atoms with Gasteiger partial charge in [0.25, 0.3) is 5.91 Å². The summed E-state index contributed by atoms with van der Waals surface area (Å²) in [6.45, 7) is 0.930. The zero-order valence-corrected chi connectivity index (χ0v) is 15.4. The van der Waals surface area contributed by atoms with E-state index in [4.69, 9.17) is 23.2 Å². The number of hydrogen-bond acceptors (Lipinski definition) is 3. The van der Waals surface area contributed by atoms with E-state index >= 15 is 0 Å². The number of aliphatic hydroxyl groups is 1. The topological polar surface area (TPSA) is 57.8 Å². The van der Waals surface area contributed by atoms with E-state index in [0.29, 0.717) is 47.3 Å². The van der Waals surface area contributed by atoms with Crippen LogP contribution in [0.5, 0.6) is 0 Å². The van der Waals surface area contributed by atoms with Crippen molar-refractivity contribution in [3.05, 3.63) is 70.1 Å². The van der Waals surface area contributed by atoms with Crippen LogP contribution in [0.25, 0.3) is 5.65 Å².